The number of benzene rings is 1. The molecule has 0 spiro atoms. The minimum atomic E-state index is 0.611. The summed E-state index contributed by atoms with van der Waals surface area (Å²) in [6.07, 6.45) is 9.28. The van der Waals surface area contributed by atoms with Crippen LogP contribution in [0.15, 0.2) is 35.0 Å². The summed E-state index contributed by atoms with van der Waals surface area (Å²) in [5.41, 5.74) is 4.29. The van der Waals surface area contributed by atoms with E-state index in [9.17, 15) is 0 Å². The number of rotatable bonds is 5. The van der Waals surface area contributed by atoms with Crippen LogP contribution < -0.4 is 4.90 Å². The topological polar surface area (TPSA) is 55.1 Å². The zero-order chi connectivity index (χ0) is 17.9. The third kappa shape index (κ3) is 3.71. The molecule has 0 amide bonds. The van der Waals surface area contributed by atoms with Crippen LogP contribution in [0.1, 0.15) is 43.2 Å². The largest absolute Gasteiger partial charge is 0.441 e. The number of aromatic nitrogens is 3. The molecule has 0 aliphatic carbocycles. The second kappa shape index (κ2) is 7.44. The lowest BCUT2D eigenvalue weighted by molar-refractivity contribution is 0.367. The molecule has 0 bridgehead atoms. The van der Waals surface area contributed by atoms with Gasteiger partial charge in [-0.3, -0.25) is 0 Å². The number of oxazole rings is 1. The van der Waals surface area contributed by atoms with Gasteiger partial charge in [-0.1, -0.05) is 19.4 Å². The van der Waals surface area contributed by atoms with Crippen LogP contribution in [-0.2, 0) is 12.8 Å². The van der Waals surface area contributed by atoms with Crippen molar-refractivity contribution in [2.45, 2.75) is 46.0 Å². The van der Waals surface area contributed by atoms with Crippen molar-refractivity contribution in [1.29, 1.82) is 0 Å². The number of nitrogens with zero attached hydrogens (tertiary/aromatic N) is 4. The average molecular weight is 350 g/mol. The molecule has 4 rings (SSSR count). The van der Waals surface area contributed by atoms with Crippen molar-refractivity contribution in [3.63, 3.8) is 0 Å². The van der Waals surface area contributed by atoms with Crippen LogP contribution in [0.25, 0.3) is 11.1 Å². The number of hydrogen-bond donors (Lipinski definition) is 0. The van der Waals surface area contributed by atoms with E-state index in [0.29, 0.717) is 5.92 Å². The maximum Gasteiger partial charge on any atom is 0.225 e. The van der Waals surface area contributed by atoms with Gasteiger partial charge in [-0.2, -0.15) is 0 Å². The first-order chi connectivity index (χ1) is 12.7. The minimum absolute atomic E-state index is 0.611. The van der Waals surface area contributed by atoms with Crippen LogP contribution in [-0.4, -0.2) is 28.0 Å². The van der Waals surface area contributed by atoms with E-state index < -0.39 is 0 Å². The summed E-state index contributed by atoms with van der Waals surface area (Å²) >= 11 is 0. The molecule has 26 heavy (non-hydrogen) atoms. The van der Waals surface area contributed by atoms with E-state index in [2.05, 4.69) is 45.8 Å². The lowest BCUT2D eigenvalue weighted by Crippen LogP contribution is -2.35. The van der Waals surface area contributed by atoms with Crippen LogP contribution in [0.5, 0.6) is 0 Å². The Bertz CT molecular complexity index is 863. The molecular formula is C21H26N4O. The molecule has 1 aliphatic rings. The molecule has 1 aliphatic heterocycles. The number of anilines is 1. The smallest absolute Gasteiger partial charge is 0.225 e. The van der Waals surface area contributed by atoms with Gasteiger partial charge in [0.1, 0.15) is 5.52 Å². The van der Waals surface area contributed by atoms with Crippen molar-refractivity contribution in [2.75, 3.05) is 18.0 Å². The molecule has 5 heteroatoms. The fourth-order valence-electron chi connectivity index (χ4n) is 3.68. The van der Waals surface area contributed by atoms with Gasteiger partial charge in [0.15, 0.2) is 11.5 Å². The van der Waals surface area contributed by atoms with Gasteiger partial charge in [0.05, 0.1) is 0 Å². The molecule has 0 unspecified atom stereocenters. The number of piperidine rings is 1. The Kier molecular flexibility index (Phi) is 4.87. The van der Waals surface area contributed by atoms with Gasteiger partial charge >= 0.3 is 0 Å². The summed E-state index contributed by atoms with van der Waals surface area (Å²) in [6, 6.07) is 6.19. The van der Waals surface area contributed by atoms with Gasteiger partial charge in [0, 0.05) is 31.9 Å². The molecule has 1 aromatic carbocycles. The highest BCUT2D eigenvalue weighted by molar-refractivity contribution is 5.73. The van der Waals surface area contributed by atoms with E-state index in [1.165, 1.54) is 11.1 Å². The van der Waals surface area contributed by atoms with E-state index >= 15 is 0 Å². The molecule has 0 radical (unpaired) electrons. The Morgan fingerprint density at radius 3 is 2.65 bits per heavy atom. The highest BCUT2D eigenvalue weighted by atomic mass is 16.3. The summed E-state index contributed by atoms with van der Waals surface area (Å²) in [7, 11) is 0. The molecule has 0 N–H and O–H groups in total. The van der Waals surface area contributed by atoms with Gasteiger partial charge in [-0.05, 0) is 55.4 Å². The summed E-state index contributed by atoms with van der Waals surface area (Å²) in [5.74, 6) is 2.34. The van der Waals surface area contributed by atoms with Crippen LogP contribution >= 0.6 is 0 Å². The summed E-state index contributed by atoms with van der Waals surface area (Å²) in [4.78, 5) is 16.0. The molecule has 136 valence electrons. The Morgan fingerprint density at radius 1 is 1.15 bits per heavy atom. The average Bonchev–Trinajstić information content (AvgIpc) is 3.05. The molecule has 1 fully saturated rings. The van der Waals surface area contributed by atoms with Crippen molar-refractivity contribution in [3.8, 4) is 0 Å². The SMILES string of the molecule is CCCc1cnc(N2CCC(Cc3nc4ccc(C)cc4o3)CC2)nc1. The Morgan fingerprint density at radius 2 is 1.92 bits per heavy atom. The van der Waals surface area contributed by atoms with Crippen LogP contribution in [0.2, 0.25) is 0 Å². The fourth-order valence-corrected chi connectivity index (χ4v) is 3.68. The van der Waals surface area contributed by atoms with E-state index in [1.54, 1.807) is 0 Å². The highest BCUT2D eigenvalue weighted by Gasteiger charge is 2.23. The van der Waals surface area contributed by atoms with Crippen LogP contribution in [0, 0.1) is 12.8 Å². The second-order valence-corrected chi connectivity index (χ2v) is 7.35. The number of aryl methyl sites for hydroxylation is 2. The van der Waals surface area contributed by atoms with Gasteiger partial charge in [-0.15, -0.1) is 0 Å². The number of fused-ring (bicyclic) bond motifs is 1. The molecule has 5 nitrogen and oxygen atoms in total. The summed E-state index contributed by atoms with van der Waals surface area (Å²) < 4.78 is 5.95. The maximum absolute atomic E-state index is 5.95. The zero-order valence-electron chi connectivity index (χ0n) is 15.6. The Balaban J connectivity index is 1.35. The third-order valence-corrected chi connectivity index (χ3v) is 5.18. The van der Waals surface area contributed by atoms with Crippen molar-refractivity contribution in [2.24, 2.45) is 5.92 Å². The summed E-state index contributed by atoms with van der Waals surface area (Å²) in [5, 5.41) is 0. The Labute approximate surface area is 154 Å². The summed E-state index contributed by atoms with van der Waals surface area (Å²) in [6.45, 7) is 6.25. The van der Waals surface area contributed by atoms with Crippen LogP contribution in [0.4, 0.5) is 5.95 Å². The van der Waals surface area contributed by atoms with Crippen molar-refractivity contribution in [1.82, 2.24) is 15.0 Å². The van der Waals surface area contributed by atoms with Gasteiger partial charge in [0.2, 0.25) is 5.95 Å². The lowest BCUT2D eigenvalue weighted by Gasteiger charge is -2.31. The van der Waals surface area contributed by atoms with E-state index in [-0.39, 0.29) is 0 Å². The predicted molar refractivity (Wildman–Crippen MR) is 103 cm³/mol. The van der Waals surface area contributed by atoms with E-state index in [0.717, 1.165) is 68.1 Å². The van der Waals surface area contributed by atoms with E-state index in [4.69, 9.17) is 4.42 Å². The fraction of sp³-hybridized carbons (Fsp3) is 0.476. The predicted octanol–water partition coefficient (Wildman–Crippen LogP) is 4.34. The quantitative estimate of drug-likeness (QED) is 0.685. The van der Waals surface area contributed by atoms with Gasteiger partial charge in [0.25, 0.3) is 0 Å². The molecular weight excluding hydrogens is 324 g/mol. The van der Waals surface area contributed by atoms with Gasteiger partial charge < -0.3 is 9.32 Å². The zero-order valence-corrected chi connectivity index (χ0v) is 15.6. The van der Waals surface area contributed by atoms with E-state index in [1.807, 2.05) is 18.5 Å². The standard InChI is InChI=1S/C21H26N4O/c1-3-4-17-13-22-21(23-14-17)25-9-7-16(8-10-25)12-20-24-18-6-5-15(2)11-19(18)26-20/h5-6,11,13-14,16H,3-4,7-10,12H2,1-2H3. The first-order valence-corrected chi connectivity index (χ1v) is 9.63. The monoisotopic (exact) mass is 350 g/mol. The van der Waals surface area contributed by atoms with Crippen molar-refractivity contribution < 1.29 is 4.42 Å². The first-order valence-electron chi connectivity index (χ1n) is 9.63. The molecule has 3 heterocycles. The maximum atomic E-state index is 5.95. The highest BCUT2D eigenvalue weighted by Crippen LogP contribution is 2.25. The van der Waals surface area contributed by atoms with Crippen LogP contribution in [0.3, 0.4) is 0 Å². The molecule has 3 aromatic rings. The van der Waals surface area contributed by atoms with Gasteiger partial charge in [-0.25, -0.2) is 15.0 Å². The normalized spacial score (nSPS) is 15.7. The Hall–Kier alpha value is -2.43. The molecule has 0 saturated carbocycles. The second-order valence-electron chi connectivity index (χ2n) is 7.35. The molecule has 2 aromatic heterocycles. The lowest BCUT2D eigenvalue weighted by atomic mass is 9.94. The molecule has 1 saturated heterocycles. The minimum Gasteiger partial charge on any atom is -0.441 e. The first kappa shape index (κ1) is 17.0. The van der Waals surface area contributed by atoms with Crippen molar-refractivity contribution in [3.05, 3.63) is 47.6 Å². The molecule has 0 atom stereocenters. The van der Waals surface area contributed by atoms with Crippen molar-refractivity contribution >= 4 is 17.0 Å². The number of hydrogen-bond acceptors (Lipinski definition) is 5. The third-order valence-electron chi connectivity index (χ3n) is 5.18.